The standard InChI is InChI=1S/C21H32O4/c1-6-7-8-9-17-10-11-18(24-20(22)12-15(2)3)19(14-17)25-21(23)13-16(4)5/h10-11,14-16H,6-9,12-13H2,1-5H3. The van der Waals surface area contributed by atoms with E-state index < -0.39 is 0 Å². The van der Waals surface area contributed by atoms with E-state index in [4.69, 9.17) is 9.47 Å². The van der Waals surface area contributed by atoms with Crippen molar-refractivity contribution in [1.29, 1.82) is 0 Å². The van der Waals surface area contributed by atoms with Crippen molar-refractivity contribution in [2.24, 2.45) is 11.8 Å². The molecule has 25 heavy (non-hydrogen) atoms. The van der Waals surface area contributed by atoms with Crippen LogP contribution in [0.4, 0.5) is 0 Å². The molecule has 0 atom stereocenters. The van der Waals surface area contributed by atoms with E-state index in [1.807, 2.05) is 39.8 Å². The van der Waals surface area contributed by atoms with Crippen LogP contribution in [0.5, 0.6) is 11.5 Å². The van der Waals surface area contributed by atoms with Crippen LogP contribution in [0, 0.1) is 11.8 Å². The van der Waals surface area contributed by atoms with Crippen LogP contribution in [0.25, 0.3) is 0 Å². The van der Waals surface area contributed by atoms with Crippen LogP contribution in [0.1, 0.15) is 72.3 Å². The van der Waals surface area contributed by atoms with Crippen molar-refractivity contribution in [3.63, 3.8) is 0 Å². The van der Waals surface area contributed by atoms with E-state index in [1.54, 1.807) is 6.07 Å². The van der Waals surface area contributed by atoms with Crippen molar-refractivity contribution in [2.75, 3.05) is 0 Å². The lowest BCUT2D eigenvalue weighted by molar-refractivity contribution is -0.138. The van der Waals surface area contributed by atoms with Gasteiger partial charge in [-0.05, 0) is 42.4 Å². The van der Waals surface area contributed by atoms with E-state index in [0.29, 0.717) is 24.3 Å². The van der Waals surface area contributed by atoms with Crippen LogP contribution in [-0.4, -0.2) is 11.9 Å². The fraction of sp³-hybridized carbons (Fsp3) is 0.619. The van der Waals surface area contributed by atoms with Crippen LogP contribution in [0.3, 0.4) is 0 Å². The Morgan fingerprint density at radius 1 is 0.880 bits per heavy atom. The van der Waals surface area contributed by atoms with Crippen LogP contribution in [-0.2, 0) is 16.0 Å². The minimum absolute atomic E-state index is 0.215. The van der Waals surface area contributed by atoms with Gasteiger partial charge in [-0.2, -0.15) is 0 Å². The second-order valence-electron chi connectivity index (χ2n) is 7.38. The number of ether oxygens (including phenoxy) is 2. The lowest BCUT2D eigenvalue weighted by atomic mass is 10.1. The minimum atomic E-state index is -0.310. The Hall–Kier alpha value is -1.84. The first-order valence-electron chi connectivity index (χ1n) is 9.36. The zero-order valence-corrected chi connectivity index (χ0v) is 16.3. The van der Waals surface area contributed by atoms with Crippen LogP contribution in [0.2, 0.25) is 0 Å². The van der Waals surface area contributed by atoms with Crippen molar-refractivity contribution in [2.45, 2.75) is 73.1 Å². The summed E-state index contributed by atoms with van der Waals surface area (Å²) in [5.41, 5.74) is 1.09. The maximum absolute atomic E-state index is 12.0. The molecular formula is C21H32O4. The summed E-state index contributed by atoms with van der Waals surface area (Å²) in [6.07, 6.45) is 4.98. The largest absolute Gasteiger partial charge is 0.423 e. The molecule has 0 unspecified atom stereocenters. The molecule has 0 N–H and O–H groups in total. The van der Waals surface area contributed by atoms with Gasteiger partial charge in [0.25, 0.3) is 0 Å². The fourth-order valence-electron chi connectivity index (χ4n) is 2.45. The molecule has 140 valence electrons. The lowest BCUT2D eigenvalue weighted by Gasteiger charge is -2.13. The molecule has 0 bridgehead atoms. The Labute approximate surface area is 151 Å². The number of carbonyl (C=O) groups excluding carboxylic acids is 2. The molecule has 4 nitrogen and oxygen atoms in total. The number of rotatable bonds is 10. The van der Waals surface area contributed by atoms with Crippen molar-refractivity contribution < 1.29 is 19.1 Å². The third-order valence-electron chi connectivity index (χ3n) is 3.67. The number of aryl methyl sites for hydroxylation is 1. The molecular weight excluding hydrogens is 316 g/mol. The number of hydrogen-bond donors (Lipinski definition) is 0. The lowest BCUT2D eigenvalue weighted by Crippen LogP contribution is -2.14. The number of benzene rings is 1. The first-order valence-corrected chi connectivity index (χ1v) is 9.36. The summed E-state index contributed by atoms with van der Waals surface area (Å²) in [7, 11) is 0. The summed E-state index contributed by atoms with van der Waals surface area (Å²) in [5, 5.41) is 0. The SMILES string of the molecule is CCCCCc1ccc(OC(=O)CC(C)C)c(OC(=O)CC(C)C)c1. The van der Waals surface area contributed by atoms with Gasteiger partial charge in [-0.1, -0.05) is 53.5 Å². The predicted octanol–water partition coefficient (Wildman–Crippen LogP) is 5.32. The molecule has 0 aromatic heterocycles. The zero-order valence-electron chi connectivity index (χ0n) is 16.3. The Balaban J connectivity index is 2.92. The van der Waals surface area contributed by atoms with Crippen molar-refractivity contribution in [1.82, 2.24) is 0 Å². The highest BCUT2D eigenvalue weighted by molar-refractivity contribution is 5.76. The molecule has 0 fully saturated rings. The molecule has 0 radical (unpaired) electrons. The van der Waals surface area contributed by atoms with Gasteiger partial charge in [0.05, 0.1) is 0 Å². The maximum atomic E-state index is 12.0. The van der Waals surface area contributed by atoms with Crippen LogP contribution in [0.15, 0.2) is 18.2 Å². The van der Waals surface area contributed by atoms with Crippen LogP contribution < -0.4 is 9.47 Å². The maximum Gasteiger partial charge on any atom is 0.311 e. The van der Waals surface area contributed by atoms with E-state index >= 15 is 0 Å². The van der Waals surface area contributed by atoms with E-state index in [2.05, 4.69) is 6.92 Å². The molecule has 0 saturated carbocycles. The molecule has 1 rings (SSSR count). The predicted molar refractivity (Wildman–Crippen MR) is 99.9 cm³/mol. The number of esters is 2. The molecule has 0 saturated heterocycles. The van der Waals surface area contributed by atoms with Gasteiger partial charge in [-0.3, -0.25) is 9.59 Å². The van der Waals surface area contributed by atoms with Gasteiger partial charge in [0.2, 0.25) is 0 Å². The van der Waals surface area contributed by atoms with E-state index in [1.165, 1.54) is 0 Å². The molecule has 0 aliphatic heterocycles. The Bertz CT molecular complexity index is 561. The normalized spacial score (nSPS) is 11.0. The summed E-state index contributed by atoms with van der Waals surface area (Å²) in [4.78, 5) is 24.0. The van der Waals surface area contributed by atoms with Crippen molar-refractivity contribution in [3.05, 3.63) is 23.8 Å². The molecule has 0 aliphatic rings. The van der Waals surface area contributed by atoms with Crippen molar-refractivity contribution in [3.8, 4) is 11.5 Å². The monoisotopic (exact) mass is 348 g/mol. The summed E-state index contributed by atoms with van der Waals surface area (Å²) in [6.45, 7) is 10.0. The summed E-state index contributed by atoms with van der Waals surface area (Å²) in [5.74, 6) is 0.482. The summed E-state index contributed by atoms with van der Waals surface area (Å²) < 4.78 is 10.9. The topological polar surface area (TPSA) is 52.6 Å². The van der Waals surface area contributed by atoms with E-state index in [-0.39, 0.29) is 23.8 Å². The minimum Gasteiger partial charge on any atom is -0.423 e. The molecule has 0 amide bonds. The van der Waals surface area contributed by atoms with Gasteiger partial charge in [0, 0.05) is 12.8 Å². The highest BCUT2D eigenvalue weighted by Crippen LogP contribution is 2.30. The first-order chi connectivity index (χ1) is 11.8. The molecule has 0 heterocycles. The highest BCUT2D eigenvalue weighted by atomic mass is 16.6. The van der Waals surface area contributed by atoms with Crippen LogP contribution >= 0.6 is 0 Å². The van der Waals surface area contributed by atoms with E-state index in [0.717, 1.165) is 31.2 Å². The second-order valence-corrected chi connectivity index (χ2v) is 7.38. The summed E-state index contributed by atoms with van der Waals surface area (Å²) in [6, 6.07) is 5.50. The van der Waals surface area contributed by atoms with E-state index in [9.17, 15) is 9.59 Å². The molecule has 0 spiro atoms. The van der Waals surface area contributed by atoms with Crippen molar-refractivity contribution >= 4 is 11.9 Å². The van der Waals surface area contributed by atoms with Gasteiger partial charge < -0.3 is 9.47 Å². The third kappa shape index (κ3) is 8.71. The molecule has 1 aromatic rings. The molecule has 4 heteroatoms. The Kier molecular flexibility index (Phi) is 9.25. The third-order valence-corrected chi connectivity index (χ3v) is 3.67. The second kappa shape index (κ2) is 10.9. The Morgan fingerprint density at radius 2 is 1.44 bits per heavy atom. The zero-order chi connectivity index (χ0) is 18.8. The average Bonchev–Trinajstić information content (AvgIpc) is 2.48. The fourth-order valence-corrected chi connectivity index (χ4v) is 2.45. The van der Waals surface area contributed by atoms with Gasteiger partial charge in [0.15, 0.2) is 11.5 Å². The Morgan fingerprint density at radius 3 is 1.96 bits per heavy atom. The van der Waals surface area contributed by atoms with Gasteiger partial charge in [-0.15, -0.1) is 0 Å². The summed E-state index contributed by atoms with van der Waals surface area (Å²) >= 11 is 0. The smallest absolute Gasteiger partial charge is 0.311 e. The quantitative estimate of drug-likeness (QED) is 0.326. The van der Waals surface area contributed by atoms with Gasteiger partial charge >= 0.3 is 11.9 Å². The molecule has 1 aromatic carbocycles. The van der Waals surface area contributed by atoms with Gasteiger partial charge in [-0.25, -0.2) is 0 Å². The first kappa shape index (κ1) is 21.2. The molecule has 0 aliphatic carbocycles. The number of hydrogen-bond acceptors (Lipinski definition) is 4. The number of carbonyl (C=O) groups is 2. The highest BCUT2D eigenvalue weighted by Gasteiger charge is 2.16. The average molecular weight is 348 g/mol. The van der Waals surface area contributed by atoms with Gasteiger partial charge in [0.1, 0.15) is 0 Å². The number of unbranched alkanes of at least 4 members (excludes halogenated alkanes) is 2.